The Morgan fingerprint density at radius 1 is 1.16 bits per heavy atom. The summed E-state index contributed by atoms with van der Waals surface area (Å²) in [6, 6.07) is 0.681. The van der Waals surface area contributed by atoms with E-state index in [4.69, 9.17) is 0 Å². The number of hydrogen-bond acceptors (Lipinski definition) is 4. The van der Waals surface area contributed by atoms with Crippen molar-refractivity contribution in [3.63, 3.8) is 0 Å². The van der Waals surface area contributed by atoms with Crippen LogP contribution in [-0.4, -0.2) is 82.7 Å². The van der Waals surface area contributed by atoms with E-state index in [1.165, 1.54) is 25.8 Å². The number of nitrogens with zero attached hydrogens (tertiary/aromatic N) is 5. The number of amides is 1. The molecule has 0 N–H and O–H groups in total. The molecule has 2 aliphatic heterocycles. The average molecular weight is 348 g/mol. The van der Waals surface area contributed by atoms with Crippen LogP contribution >= 0.6 is 0 Å². The molecule has 2 saturated heterocycles. The molecule has 2 aliphatic rings. The van der Waals surface area contributed by atoms with Crippen LogP contribution < -0.4 is 0 Å². The maximum absolute atomic E-state index is 12.7. The van der Waals surface area contributed by atoms with Gasteiger partial charge in [-0.2, -0.15) is 5.10 Å². The minimum absolute atomic E-state index is 0.0940. The van der Waals surface area contributed by atoms with Crippen LogP contribution in [0, 0.1) is 0 Å². The fourth-order valence-electron chi connectivity index (χ4n) is 3.79. The third-order valence-corrected chi connectivity index (χ3v) is 5.57. The maximum Gasteiger partial charge on any atom is 0.257 e. The van der Waals surface area contributed by atoms with Crippen LogP contribution in [0.5, 0.6) is 0 Å². The summed E-state index contributed by atoms with van der Waals surface area (Å²) in [5.74, 6) is 0.116. The minimum Gasteiger partial charge on any atom is -0.336 e. The van der Waals surface area contributed by atoms with Gasteiger partial charge in [0.25, 0.3) is 5.91 Å². The molecule has 140 valence electrons. The smallest absolute Gasteiger partial charge is 0.257 e. The number of carbonyl (C=O) groups excluding carboxylic acids is 1. The molecule has 1 atom stereocenters. The molecule has 0 aliphatic carbocycles. The largest absolute Gasteiger partial charge is 0.336 e. The van der Waals surface area contributed by atoms with Crippen molar-refractivity contribution < 1.29 is 4.79 Å². The summed E-state index contributed by atoms with van der Waals surface area (Å²) in [5, 5.41) is 4.36. The molecule has 2 fully saturated rings. The van der Waals surface area contributed by atoms with Crippen LogP contribution in [-0.2, 0) is 5.54 Å². The number of likely N-dealkylation sites (tertiary alicyclic amines) is 1. The van der Waals surface area contributed by atoms with Crippen molar-refractivity contribution in [1.82, 2.24) is 24.5 Å². The van der Waals surface area contributed by atoms with Crippen LogP contribution in [0.15, 0.2) is 12.4 Å². The van der Waals surface area contributed by atoms with E-state index < -0.39 is 0 Å². The van der Waals surface area contributed by atoms with Crippen LogP contribution in [0.4, 0.5) is 0 Å². The van der Waals surface area contributed by atoms with Gasteiger partial charge in [-0.1, -0.05) is 6.42 Å². The highest BCUT2D eigenvalue weighted by molar-refractivity contribution is 5.93. The predicted octanol–water partition coefficient (Wildman–Crippen LogP) is 1.88. The Hall–Kier alpha value is -1.40. The summed E-state index contributed by atoms with van der Waals surface area (Å²) in [7, 11) is 2.25. The van der Waals surface area contributed by atoms with Gasteiger partial charge in [0.05, 0.1) is 17.3 Å². The van der Waals surface area contributed by atoms with Crippen molar-refractivity contribution in [2.75, 3.05) is 46.3 Å². The lowest BCUT2D eigenvalue weighted by Gasteiger charge is -2.40. The van der Waals surface area contributed by atoms with Crippen molar-refractivity contribution in [3.05, 3.63) is 18.0 Å². The summed E-state index contributed by atoms with van der Waals surface area (Å²) >= 11 is 0. The van der Waals surface area contributed by atoms with Gasteiger partial charge in [0.1, 0.15) is 0 Å². The maximum atomic E-state index is 12.7. The molecule has 3 heterocycles. The first-order valence-corrected chi connectivity index (χ1v) is 9.61. The lowest BCUT2D eigenvalue weighted by Crippen LogP contribution is -2.53. The van der Waals surface area contributed by atoms with Crippen LogP contribution in [0.2, 0.25) is 0 Å². The summed E-state index contributed by atoms with van der Waals surface area (Å²) in [6.07, 6.45) is 7.58. The zero-order chi connectivity index (χ0) is 18.0. The Morgan fingerprint density at radius 3 is 2.48 bits per heavy atom. The van der Waals surface area contributed by atoms with E-state index in [0.29, 0.717) is 11.6 Å². The number of carbonyl (C=O) groups is 1. The minimum atomic E-state index is -0.0940. The Kier molecular flexibility index (Phi) is 5.49. The highest BCUT2D eigenvalue weighted by Gasteiger charge is 2.27. The van der Waals surface area contributed by atoms with Crippen molar-refractivity contribution in [3.8, 4) is 0 Å². The molecule has 0 bridgehead atoms. The van der Waals surface area contributed by atoms with Gasteiger partial charge in [0.2, 0.25) is 0 Å². The van der Waals surface area contributed by atoms with Crippen molar-refractivity contribution in [2.24, 2.45) is 0 Å². The molecular weight excluding hydrogens is 314 g/mol. The molecule has 1 aromatic heterocycles. The van der Waals surface area contributed by atoms with Gasteiger partial charge in [-0.05, 0) is 47.2 Å². The summed E-state index contributed by atoms with van der Waals surface area (Å²) in [5.41, 5.74) is 0.610. The van der Waals surface area contributed by atoms with Crippen LogP contribution in [0.25, 0.3) is 0 Å². The van der Waals surface area contributed by atoms with E-state index in [0.717, 1.165) is 32.7 Å². The van der Waals surface area contributed by atoms with E-state index in [9.17, 15) is 4.79 Å². The third-order valence-electron chi connectivity index (χ3n) is 5.57. The predicted molar refractivity (Wildman–Crippen MR) is 99.8 cm³/mol. The van der Waals surface area contributed by atoms with Gasteiger partial charge >= 0.3 is 0 Å². The molecule has 3 rings (SSSR count). The van der Waals surface area contributed by atoms with E-state index in [1.54, 1.807) is 6.20 Å². The summed E-state index contributed by atoms with van der Waals surface area (Å²) in [6.45, 7) is 12.2. The van der Waals surface area contributed by atoms with Gasteiger partial charge in [0, 0.05) is 45.0 Å². The topological polar surface area (TPSA) is 44.6 Å². The van der Waals surface area contributed by atoms with Crippen molar-refractivity contribution in [2.45, 2.75) is 51.6 Å². The molecule has 1 amide bonds. The van der Waals surface area contributed by atoms with Gasteiger partial charge in [-0.25, -0.2) is 0 Å². The highest BCUT2D eigenvalue weighted by Crippen LogP contribution is 2.18. The molecule has 0 aromatic carbocycles. The molecule has 25 heavy (non-hydrogen) atoms. The zero-order valence-electron chi connectivity index (χ0n) is 16.2. The van der Waals surface area contributed by atoms with Gasteiger partial charge < -0.3 is 9.80 Å². The number of likely N-dealkylation sites (N-methyl/N-ethyl adjacent to an activating group) is 1. The molecule has 6 heteroatoms. The van der Waals surface area contributed by atoms with Crippen molar-refractivity contribution >= 4 is 5.91 Å². The molecule has 6 nitrogen and oxygen atoms in total. The first-order chi connectivity index (χ1) is 11.8. The molecule has 1 unspecified atom stereocenters. The third kappa shape index (κ3) is 4.42. The number of hydrogen-bond donors (Lipinski definition) is 0. The molecular formula is C19H33N5O. The lowest BCUT2D eigenvalue weighted by atomic mass is 10.0. The first-order valence-electron chi connectivity index (χ1n) is 9.61. The fourth-order valence-corrected chi connectivity index (χ4v) is 3.79. The van der Waals surface area contributed by atoms with Gasteiger partial charge in [-0.3, -0.25) is 14.4 Å². The van der Waals surface area contributed by atoms with E-state index in [1.807, 2.05) is 15.8 Å². The van der Waals surface area contributed by atoms with Gasteiger partial charge in [0.15, 0.2) is 0 Å². The quantitative estimate of drug-likeness (QED) is 0.837. The Balaban J connectivity index is 1.51. The van der Waals surface area contributed by atoms with Gasteiger partial charge in [-0.15, -0.1) is 0 Å². The average Bonchev–Trinajstić information content (AvgIpc) is 3.07. The monoisotopic (exact) mass is 347 g/mol. The van der Waals surface area contributed by atoms with Crippen molar-refractivity contribution in [1.29, 1.82) is 0 Å². The summed E-state index contributed by atoms with van der Waals surface area (Å²) < 4.78 is 1.87. The molecule has 1 aromatic rings. The van der Waals surface area contributed by atoms with Crippen LogP contribution in [0.3, 0.4) is 0 Å². The number of aromatic nitrogens is 2. The Bertz CT molecular complexity index is 583. The second kappa shape index (κ2) is 7.46. The standard InChI is InChI=1S/C19H33N5O/c1-19(2,3)24-14-16(13-20-24)18(25)23-11-9-22(10-12-23)15-17-7-5-6-8-21(17)4/h13-14,17H,5-12,15H2,1-4H3. The SMILES string of the molecule is CN1CCCCC1CN1CCN(C(=O)c2cnn(C(C)(C)C)c2)CC1. The Morgan fingerprint density at radius 2 is 1.88 bits per heavy atom. The number of rotatable bonds is 3. The summed E-state index contributed by atoms with van der Waals surface area (Å²) in [4.78, 5) is 19.7. The number of piperazine rings is 1. The normalized spacial score (nSPS) is 23.8. The lowest BCUT2D eigenvalue weighted by molar-refractivity contribution is 0.0564. The molecule has 0 radical (unpaired) electrons. The van der Waals surface area contributed by atoms with E-state index in [-0.39, 0.29) is 11.4 Å². The fraction of sp³-hybridized carbons (Fsp3) is 0.789. The molecule has 0 saturated carbocycles. The van der Waals surface area contributed by atoms with E-state index in [2.05, 4.69) is 42.7 Å². The zero-order valence-corrected chi connectivity index (χ0v) is 16.2. The second-order valence-corrected chi connectivity index (χ2v) is 8.57. The Labute approximate surface area is 151 Å². The second-order valence-electron chi connectivity index (χ2n) is 8.57. The first kappa shape index (κ1) is 18.4. The van der Waals surface area contributed by atoms with Crippen LogP contribution in [0.1, 0.15) is 50.4 Å². The highest BCUT2D eigenvalue weighted by atomic mass is 16.2. The molecule has 0 spiro atoms. The van der Waals surface area contributed by atoms with E-state index >= 15 is 0 Å². The number of piperidine rings is 1.